The van der Waals surface area contributed by atoms with E-state index in [-0.39, 0.29) is 12.3 Å². The normalized spacial score (nSPS) is 32.4. The molecule has 2 atom stereocenters. The van der Waals surface area contributed by atoms with Crippen LogP contribution in [0.1, 0.15) is 71.1 Å². The second-order valence-electron chi connectivity index (χ2n) is 7.22. The van der Waals surface area contributed by atoms with Gasteiger partial charge in [-0.05, 0) is 31.6 Å². The van der Waals surface area contributed by atoms with Crippen molar-refractivity contribution in [3.63, 3.8) is 0 Å². The van der Waals surface area contributed by atoms with Gasteiger partial charge >= 0.3 is 5.97 Å². The summed E-state index contributed by atoms with van der Waals surface area (Å²) in [7, 11) is 0. The maximum absolute atomic E-state index is 12.7. The van der Waals surface area contributed by atoms with E-state index in [0.29, 0.717) is 18.8 Å². The molecular formula is C16H28N2O3. The molecule has 2 saturated carbocycles. The van der Waals surface area contributed by atoms with Gasteiger partial charge in [0.15, 0.2) is 0 Å². The van der Waals surface area contributed by atoms with Crippen LogP contribution in [0.15, 0.2) is 0 Å². The lowest BCUT2D eigenvalue weighted by Gasteiger charge is -2.42. The fraction of sp³-hybridized carbons (Fsp3) is 0.875. The summed E-state index contributed by atoms with van der Waals surface area (Å²) in [5.74, 6) is -0.534. The van der Waals surface area contributed by atoms with Crippen LogP contribution in [0, 0.1) is 5.92 Å². The van der Waals surface area contributed by atoms with E-state index in [1.54, 1.807) is 0 Å². The number of carboxylic acids is 1. The first-order valence-electron chi connectivity index (χ1n) is 8.19. The number of aliphatic carboxylic acids is 1. The minimum Gasteiger partial charge on any atom is -0.481 e. The van der Waals surface area contributed by atoms with Crippen LogP contribution in [-0.2, 0) is 9.59 Å². The minimum absolute atomic E-state index is 0.00434. The molecule has 0 bridgehead atoms. The van der Waals surface area contributed by atoms with Crippen LogP contribution in [0.25, 0.3) is 0 Å². The molecule has 5 heteroatoms. The quantitative estimate of drug-likeness (QED) is 0.741. The molecule has 0 aromatic rings. The molecule has 0 radical (unpaired) electrons. The highest BCUT2D eigenvalue weighted by Gasteiger charge is 2.43. The number of carboxylic acid groups (broad SMARTS) is 1. The van der Waals surface area contributed by atoms with Gasteiger partial charge in [0.05, 0.1) is 17.5 Å². The third-order valence-corrected chi connectivity index (χ3v) is 5.16. The van der Waals surface area contributed by atoms with Crippen LogP contribution in [-0.4, -0.2) is 28.1 Å². The SMILES string of the molecule is CC1CCCC(N)(C(=O)NC2(CC(=O)O)CCCCC2)C1. The second kappa shape index (κ2) is 6.34. The highest BCUT2D eigenvalue weighted by atomic mass is 16.4. The lowest BCUT2D eigenvalue weighted by Crippen LogP contribution is -2.62. The Balaban J connectivity index is 2.08. The zero-order valence-corrected chi connectivity index (χ0v) is 13.0. The highest BCUT2D eigenvalue weighted by Crippen LogP contribution is 2.34. The van der Waals surface area contributed by atoms with Gasteiger partial charge in [0, 0.05) is 0 Å². The second-order valence-corrected chi connectivity index (χ2v) is 7.22. The fourth-order valence-electron chi connectivity index (χ4n) is 4.03. The van der Waals surface area contributed by atoms with Crippen molar-refractivity contribution < 1.29 is 14.7 Å². The topological polar surface area (TPSA) is 92.4 Å². The van der Waals surface area contributed by atoms with Crippen molar-refractivity contribution in [2.45, 2.75) is 82.2 Å². The van der Waals surface area contributed by atoms with Crippen LogP contribution in [0.5, 0.6) is 0 Å². The molecule has 5 nitrogen and oxygen atoms in total. The molecule has 2 aliphatic carbocycles. The summed E-state index contributed by atoms with van der Waals surface area (Å²) in [5, 5.41) is 12.2. The fourth-order valence-corrected chi connectivity index (χ4v) is 4.03. The van der Waals surface area contributed by atoms with Crippen LogP contribution >= 0.6 is 0 Å². The van der Waals surface area contributed by atoms with Gasteiger partial charge in [0.2, 0.25) is 5.91 Å². The molecule has 1 amide bonds. The largest absolute Gasteiger partial charge is 0.481 e. The Hall–Kier alpha value is -1.10. The standard InChI is InChI=1S/C16H28N2O3/c1-12-6-5-9-16(17,10-12)14(21)18-15(11-13(19)20)7-3-2-4-8-15/h12H,2-11,17H2,1H3,(H,18,21)(H,19,20). The van der Waals surface area contributed by atoms with Crippen molar-refractivity contribution in [3.05, 3.63) is 0 Å². The molecule has 2 unspecified atom stereocenters. The van der Waals surface area contributed by atoms with Gasteiger partial charge in [-0.25, -0.2) is 0 Å². The Morgan fingerprint density at radius 1 is 1.19 bits per heavy atom. The van der Waals surface area contributed by atoms with E-state index in [1.807, 2.05) is 0 Å². The lowest BCUT2D eigenvalue weighted by atomic mass is 9.74. The molecule has 2 fully saturated rings. The predicted octanol–water partition coefficient (Wildman–Crippen LogP) is 2.19. The first-order chi connectivity index (χ1) is 9.85. The smallest absolute Gasteiger partial charge is 0.305 e. The molecule has 2 aliphatic rings. The third kappa shape index (κ3) is 3.96. The van der Waals surface area contributed by atoms with Crippen molar-refractivity contribution in [3.8, 4) is 0 Å². The highest BCUT2D eigenvalue weighted by molar-refractivity contribution is 5.87. The van der Waals surface area contributed by atoms with Crippen LogP contribution in [0.4, 0.5) is 0 Å². The maximum atomic E-state index is 12.7. The van der Waals surface area contributed by atoms with E-state index in [2.05, 4.69) is 12.2 Å². The van der Waals surface area contributed by atoms with E-state index in [0.717, 1.165) is 44.9 Å². The van der Waals surface area contributed by atoms with Crippen molar-refractivity contribution >= 4 is 11.9 Å². The Morgan fingerprint density at radius 3 is 2.43 bits per heavy atom. The Bertz CT molecular complexity index is 404. The van der Waals surface area contributed by atoms with E-state index in [4.69, 9.17) is 5.73 Å². The number of hydrogen-bond acceptors (Lipinski definition) is 3. The molecule has 2 rings (SSSR count). The van der Waals surface area contributed by atoms with Crippen molar-refractivity contribution in [2.75, 3.05) is 0 Å². The number of hydrogen-bond donors (Lipinski definition) is 3. The number of amides is 1. The first kappa shape index (κ1) is 16.3. The zero-order chi connectivity index (χ0) is 15.5. The summed E-state index contributed by atoms with van der Waals surface area (Å²) >= 11 is 0. The van der Waals surface area contributed by atoms with E-state index < -0.39 is 17.0 Å². The monoisotopic (exact) mass is 296 g/mol. The lowest BCUT2D eigenvalue weighted by molar-refractivity contribution is -0.140. The molecule has 0 spiro atoms. The maximum Gasteiger partial charge on any atom is 0.305 e. The summed E-state index contributed by atoms with van der Waals surface area (Å²) < 4.78 is 0. The molecule has 0 aromatic carbocycles. The van der Waals surface area contributed by atoms with E-state index in [9.17, 15) is 14.7 Å². The molecule has 120 valence electrons. The van der Waals surface area contributed by atoms with E-state index >= 15 is 0 Å². The number of nitrogens with two attached hydrogens (primary N) is 1. The summed E-state index contributed by atoms with van der Waals surface area (Å²) in [6.07, 6.45) is 8.04. The number of nitrogens with one attached hydrogen (secondary N) is 1. The summed E-state index contributed by atoms with van der Waals surface area (Å²) in [4.78, 5) is 23.9. The van der Waals surface area contributed by atoms with Gasteiger partial charge in [-0.15, -0.1) is 0 Å². The summed E-state index contributed by atoms with van der Waals surface area (Å²) in [5.41, 5.74) is 4.93. The molecule has 0 aliphatic heterocycles. The minimum atomic E-state index is -0.847. The van der Waals surface area contributed by atoms with Gasteiger partial charge in [-0.3, -0.25) is 9.59 Å². The molecule has 0 heterocycles. The molecule has 0 saturated heterocycles. The van der Waals surface area contributed by atoms with Gasteiger partial charge < -0.3 is 16.2 Å². The van der Waals surface area contributed by atoms with Crippen LogP contribution < -0.4 is 11.1 Å². The van der Waals surface area contributed by atoms with Crippen molar-refractivity contribution in [1.29, 1.82) is 0 Å². The average Bonchev–Trinajstić information content (AvgIpc) is 2.38. The van der Waals surface area contributed by atoms with Crippen molar-refractivity contribution in [2.24, 2.45) is 11.7 Å². The third-order valence-electron chi connectivity index (χ3n) is 5.16. The van der Waals surface area contributed by atoms with Crippen LogP contribution in [0.3, 0.4) is 0 Å². The Morgan fingerprint density at radius 2 is 1.86 bits per heavy atom. The summed E-state index contributed by atoms with van der Waals surface area (Å²) in [6, 6.07) is 0. The molecule has 21 heavy (non-hydrogen) atoms. The predicted molar refractivity (Wildman–Crippen MR) is 80.8 cm³/mol. The number of rotatable bonds is 4. The van der Waals surface area contributed by atoms with E-state index in [1.165, 1.54) is 0 Å². The first-order valence-corrected chi connectivity index (χ1v) is 8.19. The van der Waals surface area contributed by atoms with Gasteiger partial charge in [0.25, 0.3) is 0 Å². The molecule has 0 aromatic heterocycles. The number of carbonyl (C=O) groups excluding carboxylic acids is 1. The average molecular weight is 296 g/mol. The van der Waals surface area contributed by atoms with Crippen LogP contribution in [0.2, 0.25) is 0 Å². The Labute approximate surface area is 126 Å². The number of carbonyl (C=O) groups is 2. The van der Waals surface area contributed by atoms with Gasteiger partial charge in [0.1, 0.15) is 0 Å². The zero-order valence-electron chi connectivity index (χ0n) is 13.0. The molecular weight excluding hydrogens is 268 g/mol. The Kier molecular flexibility index (Phi) is 4.91. The van der Waals surface area contributed by atoms with Gasteiger partial charge in [-0.1, -0.05) is 39.0 Å². The van der Waals surface area contributed by atoms with Gasteiger partial charge in [-0.2, -0.15) is 0 Å². The summed E-state index contributed by atoms with van der Waals surface area (Å²) in [6.45, 7) is 2.13. The molecule has 4 N–H and O–H groups in total. The van der Waals surface area contributed by atoms with Crippen molar-refractivity contribution in [1.82, 2.24) is 5.32 Å².